The third-order valence-electron chi connectivity index (χ3n) is 9.11. The van der Waals surface area contributed by atoms with Gasteiger partial charge in [-0.2, -0.15) is 0 Å². The summed E-state index contributed by atoms with van der Waals surface area (Å²) in [4.78, 5) is 73.2. The van der Waals surface area contributed by atoms with Crippen LogP contribution in [0.3, 0.4) is 0 Å². The fraction of sp³-hybridized carbons (Fsp3) is 0.541. The average Bonchev–Trinajstić information content (AvgIpc) is 3.47. The number of nitrogens with zero attached hydrogens (tertiary/aromatic N) is 3. The Kier molecular flexibility index (Phi) is 11.5. The Morgan fingerprint density at radius 1 is 0.938 bits per heavy atom. The second-order valence-corrected chi connectivity index (χ2v) is 14.4. The van der Waals surface area contributed by atoms with Gasteiger partial charge in [0.25, 0.3) is 0 Å². The van der Waals surface area contributed by atoms with Crippen LogP contribution in [0.1, 0.15) is 84.4 Å². The van der Waals surface area contributed by atoms with Crippen molar-refractivity contribution in [2.75, 3.05) is 26.7 Å². The molecule has 2 aromatic carbocycles. The van der Waals surface area contributed by atoms with E-state index in [-0.39, 0.29) is 43.7 Å². The summed E-state index contributed by atoms with van der Waals surface area (Å²) in [5.74, 6) is -1.37. The first-order chi connectivity index (χ1) is 22.6. The molecule has 0 spiro atoms. The predicted molar refractivity (Wildman–Crippen MR) is 183 cm³/mol. The van der Waals surface area contributed by atoms with E-state index in [4.69, 9.17) is 4.74 Å². The summed E-state index contributed by atoms with van der Waals surface area (Å²) in [6.07, 6.45) is 0.872. The standard InChI is InChI=1S/C37H51N5O6/c1-25(2)23-30(43)41-22-20-37(34(46)39-31(27-15-10-8-11-16-27)28-17-12-9-13-18-28)19-14-21-42(37)33(45)29(24-41)38-32(44)26(3)40(7)35(47)48-36(4,5)6/h8-13,15-18,25-26,29,31H,14,19-24H2,1-7H3,(H,38,44)(H,39,46)/t26-,29+,37+/m0/s1. The van der Waals surface area contributed by atoms with Gasteiger partial charge in [-0.1, -0.05) is 74.5 Å². The maximum absolute atomic E-state index is 14.6. The Hall–Kier alpha value is -4.41. The molecule has 0 bridgehead atoms. The number of carbonyl (C=O) groups excluding carboxylic acids is 5. The van der Waals surface area contributed by atoms with Crippen LogP contribution in [-0.4, -0.2) is 94.3 Å². The van der Waals surface area contributed by atoms with E-state index in [1.54, 1.807) is 37.5 Å². The topological polar surface area (TPSA) is 128 Å². The second kappa shape index (κ2) is 15.2. The molecule has 0 saturated carbocycles. The first-order valence-electron chi connectivity index (χ1n) is 16.9. The molecule has 2 N–H and O–H groups in total. The summed E-state index contributed by atoms with van der Waals surface area (Å²) in [6, 6.07) is 16.8. The number of ether oxygens (including phenoxy) is 1. The van der Waals surface area contributed by atoms with Gasteiger partial charge < -0.3 is 25.2 Å². The highest BCUT2D eigenvalue weighted by Crippen LogP contribution is 2.37. The minimum absolute atomic E-state index is 0.0378. The molecule has 2 heterocycles. The summed E-state index contributed by atoms with van der Waals surface area (Å²) < 4.78 is 5.43. The number of amides is 5. The lowest BCUT2D eigenvalue weighted by atomic mass is 9.87. The molecule has 0 aromatic heterocycles. The highest BCUT2D eigenvalue weighted by Gasteiger charge is 2.53. The van der Waals surface area contributed by atoms with Crippen LogP contribution in [0.25, 0.3) is 0 Å². The fourth-order valence-corrected chi connectivity index (χ4v) is 6.40. The number of fused-ring (bicyclic) bond motifs is 1. The van der Waals surface area contributed by atoms with Crippen molar-refractivity contribution < 1.29 is 28.7 Å². The molecule has 2 aliphatic rings. The van der Waals surface area contributed by atoms with Crippen molar-refractivity contribution in [3.05, 3.63) is 71.8 Å². The molecule has 0 aliphatic carbocycles. The zero-order chi connectivity index (χ0) is 35.2. The van der Waals surface area contributed by atoms with Crippen LogP contribution < -0.4 is 10.6 Å². The quantitative estimate of drug-likeness (QED) is 0.413. The Morgan fingerprint density at radius 3 is 2.06 bits per heavy atom. The van der Waals surface area contributed by atoms with Gasteiger partial charge in [-0.05, 0) is 64.0 Å². The number of benzene rings is 2. The van der Waals surface area contributed by atoms with Crippen LogP contribution in [0.4, 0.5) is 4.79 Å². The van der Waals surface area contributed by atoms with Crippen molar-refractivity contribution in [1.82, 2.24) is 25.3 Å². The molecule has 4 rings (SSSR count). The zero-order valence-electron chi connectivity index (χ0n) is 29.3. The molecule has 48 heavy (non-hydrogen) atoms. The second-order valence-electron chi connectivity index (χ2n) is 14.4. The monoisotopic (exact) mass is 661 g/mol. The Bertz CT molecular complexity index is 1420. The van der Waals surface area contributed by atoms with Gasteiger partial charge >= 0.3 is 6.09 Å². The smallest absolute Gasteiger partial charge is 0.410 e. The van der Waals surface area contributed by atoms with Crippen LogP contribution in [0.2, 0.25) is 0 Å². The maximum Gasteiger partial charge on any atom is 0.410 e. The molecular weight excluding hydrogens is 610 g/mol. The van der Waals surface area contributed by atoms with E-state index < -0.39 is 47.2 Å². The Balaban J connectivity index is 1.65. The van der Waals surface area contributed by atoms with Crippen LogP contribution in [-0.2, 0) is 23.9 Å². The minimum atomic E-state index is -1.22. The lowest BCUT2D eigenvalue weighted by Crippen LogP contribution is -2.66. The molecule has 5 amide bonds. The molecule has 2 saturated heterocycles. The number of hydrogen-bond donors (Lipinski definition) is 2. The van der Waals surface area contributed by atoms with Gasteiger partial charge in [0.05, 0.1) is 6.04 Å². The summed E-state index contributed by atoms with van der Waals surface area (Å²) in [6.45, 7) is 11.2. The van der Waals surface area contributed by atoms with Crippen molar-refractivity contribution in [1.29, 1.82) is 0 Å². The van der Waals surface area contributed by atoms with Gasteiger partial charge in [-0.3, -0.25) is 24.1 Å². The molecule has 2 aliphatic heterocycles. The molecule has 0 radical (unpaired) electrons. The molecule has 260 valence electrons. The van der Waals surface area contributed by atoms with E-state index in [1.165, 1.54) is 11.9 Å². The van der Waals surface area contributed by atoms with E-state index in [2.05, 4.69) is 10.6 Å². The van der Waals surface area contributed by atoms with Gasteiger partial charge in [0.1, 0.15) is 23.2 Å². The summed E-state index contributed by atoms with van der Waals surface area (Å²) in [7, 11) is 1.46. The van der Waals surface area contributed by atoms with Crippen molar-refractivity contribution >= 4 is 29.7 Å². The lowest BCUT2D eigenvalue weighted by Gasteiger charge is -2.44. The highest BCUT2D eigenvalue weighted by atomic mass is 16.6. The van der Waals surface area contributed by atoms with Crippen LogP contribution >= 0.6 is 0 Å². The third-order valence-corrected chi connectivity index (χ3v) is 9.11. The van der Waals surface area contributed by atoms with Gasteiger partial charge in [0, 0.05) is 33.1 Å². The lowest BCUT2D eigenvalue weighted by molar-refractivity contribution is -0.152. The normalized spacial score (nSPS) is 20.4. The summed E-state index contributed by atoms with van der Waals surface area (Å²) in [5, 5.41) is 6.09. The van der Waals surface area contributed by atoms with E-state index in [1.807, 2.05) is 74.5 Å². The van der Waals surface area contributed by atoms with Gasteiger partial charge in [-0.25, -0.2) is 4.79 Å². The van der Waals surface area contributed by atoms with Crippen LogP contribution in [0, 0.1) is 5.92 Å². The summed E-state index contributed by atoms with van der Waals surface area (Å²) >= 11 is 0. The van der Waals surface area contributed by atoms with Crippen LogP contribution in [0.5, 0.6) is 0 Å². The molecular formula is C37H51N5O6. The van der Waals surface area contributed by atoms with E-state index >= 15 is 0 Å². The molecule has 0 unspecified atom stereocenters. The zero-order valence-corrected chi connectivity index (χ0v) is 29.3. The molecule has 11 nitrogen and oxygen atoms in total. The molecule has 11 heteroatoms. The first-order valence-corrected chi connectivity index (χ1v) is 16.9. The average molecular weight is 662 g/mol. The van der Waals surface area contributed by atoms with Gasteiger partial charge in [-0.15, -0.1) is 0 Å². The van der Waals surface area contributed by atoms with Crippen LogP contribution in [0.15, 0.2) is 60.7 Å². The molecule has 2 fully saturated rings. The number of hydrogen-bond acceptors (Lipinski definition) is 6. The number of nitrogens with one attached hydrogen (secondary N) is 2. The van der Waals surface area contributed by atoms with E-state index in [0.717, 1.165) is 11.1 Å². The number of rotatable bonds is 9. The third kappa shape index (κ3) is 8.54. The van der Waals surface area contributed by atoms with Crippen molar-refractivity contribution in [3.63, 3.8) is 0 Å². The Morgan fingerprint density at radius 2 is 1.52 bits per heavy atom. The van der Waals surface area contributed by atoms with E-state index in [9.17, 15) is 24.0 Å². The van der Waals surface area contributed by atoms with Crippen molar-refractivity contribution in [2.24, 2.45) is 5.92 Å². The van der Waals surface area contributed by atoms with Gasteiger partial charge in [0.15, 0.2) is 0 Å². The number of carbonyl (C=O) groups is 5. The van der Waals surface area contributed by atoms with Gasteiger partial charge in [0.2, 0.25) is 23.6 Å². The predicted octanol–water partition coefficient (Wildman–Crippen LogP) is 4.27. The SMILES string of the molecule is CC(C)CC(=O)N1CC[C@@]2(C(=O)NC(c3ccccc3)c3ccccc3)CCCN2C(=O)[C@H](NC(=O)[C@H](C)N(C)C(=O)OC(C)(C)C)C1. The molecule has 3 atom stereocenters. The minimum Gasteiger partial charge on any atom is -0.444 e. The largest absolute Gasteiger partial charge is 0.444 e. The summed E-state index contributed by atoms with van der Waals surface area (Å²) in [5.41, 5.74) is -0.180. The number of likely N-dealkylation sites (N-methyl/N-ethyl adjacent to an activating group) is 1. The van der Waals surface area contributed by atoms with Crippen molar-refractivity contribution in [2.45, 2.75) is 96.5 Å². The highest BCUT2D eigenvalue weighted by molar-refractivity contribution is 5.97. The first kappa shape index (κ1) is 36.4. The maximum atomic E-state index is 14.6. The van der Waals surface area contributed by atoms with E-state index in [0.29, 0.717) is 19.4 Å². The van der Waals surface area contributed by atoms with Crippen molar-refractivity contribution in [3.8, 4) is 0 Å². The molecule has 2 aromatic rings. The fourth-order valence-electron chi connectivity index (χ4n) is 6.40. The Labute approximate surface area is 284 Å².